The maximum absolute atomic E-state index is 13.1. The number of alkyl halides is 2. The summed E-state index contributed by atoms with van der Waals surface area (Å²) in [5.74, 6) is -2.17. The Kier molecular flexibility index (Phi) is 2.74. The average molecular weight is 211 g/mol. The third kappa shape index (κ3) is 2.75. The van der Waals surface area contributed by atoms with Crippen molar-refractivity contribution in [3.63, 3.8) is 0 Å². The lowest BCUT2D eigenvalue weighted by molar-refractivity contribution is 0.0115. The predicted molar refractivity (Wildman–Crippen MR) is 56.1 cm³/mol. The molecule has 1 aromatic carbocycles. The van der Waals surface area contributed by atoms with Gasteiger partial charge in [-0.25, -0.2) is 8.78 Å². The molecule has 82 valence electrons. The highest BCUT2D eigenvalue weighted by atomic mass is 19.3. The van der Waals surface area contributed by atoms with Crippen molar-refractivity contribution in [1.82, 2.24) is 0 Å². The summed E-state index contributed by atoms with van der Waals surface area (Å²) < 4.78 is 26.1. The number of nitrogens with two attached hydrogens (primary N) is 1. The molecule has 0 atom stereocenters. The Balaban J connectivity index is 2.11. The maximum Gasteiger partial charge on any atom is 0.264 e. The van der Waals surface area contributed by atoms with Crippen LogP contribution in [0, 0.1) is 0 Å². The second-order valence-electron chi connectivity index (χ2n) is 4.26. The fourth-order valence-corrected chi connectivity index (χ4v) is 1.74. The summed E-state index contributed by atoms with van der Waals surface area (Å²) in [6.45, 7) is -0.583. The van der Waals surface area contributed by atoms with E-state index in [0.717, 1.165) is 0 Å². The highest BCUT2D eigenvalue weighted by Gasteiger charge is 2.28. The standard InChI is InChI=1S/C12H15F2N/c13-12(14,8-15)7-9-2-1-3-11(6-9)10-4-5-10/h1-3,6,10H,4-5,7-8,15H2. The lowest BCUT2D eigenvalue weighted by Crippen LogP contribution is -2.30. The van der Waals surface area contributed by atoms with Gasteiger partial charge in [0.25, 0.3) is 5.92 Å². The quantitative estimate of drug-likeness (QED) is 0.814. The number of halogens is 2. The van der Waals surface area contributed by atoms with Gasteiger partial charge >= 0.3 is 0 Å². The van der Waals surface area contributed by atoms with E-state index in [4.69, 9.17) is 5.73 Å². The molecule has 1 aliphatic carbocycles. The maximum atomic E-state index is 13.1. The van der Waals surface area contributed by atoms with Crippen LogP contribution in [0.4, 0.5) is 8.78 Å². The number of rotatable bonds is 4. The molecule has 0 aliphatic heterocycles. The van der Waals surface area contributed by atoms with E-state index in [0.29, 0.717) is 11.5 Å². The van der Waals surface area contributed by atoms with Gasteiger partial charge in [-0.15, -0.1) is 0 Å². The van der Waals surface area contributed by atoms with Gasteiger partial charge in [0.15, 0.2) is 0 Å². The zero-order chi connectivity index (χ0) is 10.9. The Hall–Kier alpha value is -0.960. The van der Waals surface area contributed by atoms with Crippen molar-refractivity contribution in [2.45, 2.75) is 31.1 Å². The molecule has 2 N–H and O–H groups in total. The first kappa shape index (κ1) is 10.6. The molecule has 15 heavy (non-hydrogen) atoms. The molecule has 1 saturated carbocycles. The molecule has 0 amide bonds. The van der Waals surface area contributed by atoms with Crippen LogP contribution in [0.15, 0.2) is 24.3 Å². The second-order valence-corrected chi connectivity index (χ2v) is 4.26. The van der Waals surface area contributed by atoms with Crippen molar-refractivity contribution in [3.05, 3.63) is 35.4 Å². The summed E-state index contributed by atoms with van der Waals surface area (Å²) in [6.07, 6.45) is 2.14. The van der Waals surface area contributed by atoms with Gasteiger partial charge in [-0.3, -0.25) is 0 Å². The molecule has 0 radical (unpaired) electrons. The summed E-state index contributed by atoms with van der Waals surface area (Å²) in [7, 11) is 0. The lowest BCUT2D eigenvalue weighted by Gasteiger charge is -2.14. The summed E-state index contributed by atoms with van der Waals surface area (Å²) in [5.41, 5.74) is 6.90. The third-order valence-electron chi connectivity index (χ3n) is 2.76. The van der Waals surface area contributed by atoms with E-state index in [1.807, 2.05) is 18.2 Å². The Bertz CT molecular complexity index is 345. The molecule has 1 aliphatic rings. The number of hydrogen-bond acceptors (Lipinski definition) is 1. The van der Waals surface area contributed by atoms with Crippen molar-refractivity contribution >= 4 is 0 Å². The van der Waals surface area contributed by atoms with Crippen LogP contribution in [-0.4, -0.2) is 12.5 Å². The molecule has 0 bridgehead atoms. The molecular weight excluding hydrogens is 196 g/mol. The first-order valence-electron chi connectivity index (χ1n) is 5.27. The lowest BCUT2D eigenvalue weighted by atomic mass is 10.0. The SMILES string of the molecule is NCC(F)(F)Cc1cccc(C2CC2)c1. The van der Waals surface area contributed by atoms with Gasteiger partial charge in [-0.2, -0.15) is 0 Å². The van der Waals surface area contributed by atoms with E-state index in [1.165, 1.54) is 18.4 Å². The van der Waals surface area contributed by atoms with E-state index >= 15 is 0 Å². The Morgan fingerprint density at radius 1 is 1.33 bits per heavy atom. The van der Waals surface area contributed by atoms with Crippen molar-refractivity contribution in [1.29, 1.82) is 0 Å². The first-order valence-corrected chi connectivity index (χ1v) is 5.27. The number of benzene rings is 1. The minimum Gasteiger partial charge on any atom is -0.325 e. The smallest absolute Gasteiger partial charge is 0.264 e. The van der Waals surface area contributed by atoms with Gasteiger partial charge in [0.1, 0.15) is 0 Å². The fourth-order valence-electron chi connectivity index (χ4n) is 1.74. The van der Waals surface area contributed by atoms with Crippen LogP contribution >= 0.6 is 0 Å². The van der Waals surface area contributed by atoms with Crippen LogP contribution in [0.3, 0.4) is 0 Å². The van der Waals surface area contributed by atoms with Crippen LogP contribution in [0.5, 0.6) is 0 Å². The molecule has 0 saturated heterocycles. The van der Waals surface area contributed by atoms with Gasteiger partial charge in [0.05, 0.1) is 6.54 Å². The zero-order valence-electron chi connectivity index (χ0n) is 8.55. The summed E-state index contributed by atoms with van der Waals surface area (Å²) >= 11 is 0. The van der Waals surface area contributed by atoms with Gasteiger partial charge in [0.2, 0.25) is 0 Å². The molecule has 0 aromatic heterocycles. The monoisotopic (exact) mass is 211 g/mol. The Morgan fingerprint density at radius 2 is 2.07 bits per heavy atom. The zero-order valence-corrected chi connectivity index (χ0v) is 8.55. The Morgan fingerprint density at radius 3 is 2.67 bits per heavy atom. The molecule has 0 spiro atoms. The van der Waals surface area contributed by atoms with Gasteiger partial charge in [-0.05, 0) is 29.9 Å². The van der Waals surface area contributed by atoms with Crippen LogP contribution in [0.1, 0.15) is 29.9 Å². The van der Waals surface area contributed by atoms with Crippen LogP contribution in [0.25, 0.3) is 0 Å². The molecule has 1 aromatic rings. The van der Waals surface area contributed by atoms with Crippen LogP contribution < -0.4 is 5.73 Å². The topological polar surface area (TPSA) is 26.0 Å². The van der Waals surface area contributed by atoms with Crippen LogP contribution in [0.2, 0.25) is 0 Å². The molecule has 0 unspecified atom stereocenters. The second kappa shape index (κ2) is 3.89. The number of hydrogen-bond donors (Lipinski definition) is 1. The highest BCUT2D eigenvalue weighted by molar-refractivity contribution is 5.29. The largest absolute Gasteiger partial charge is 0.325 e. The van der Waals surface area contributed by atoms with Gasteiger partial charge < -0.3 is 5.73 Å². The first-order chi connectivity index (χ1) is 7.11. The third-order valence-corrected chi connectivity index (χ3v) is 2.76. The molecular formula is C12H15F2N. The van der Waals surface area contributed by atoms with E-state index < -0.39 is 12.5 Å². The van der Waals surface area contributed by atoms with Crippen molar-refractivity contribution < 1.29 is 8.78 Å². The minimum absolute atomic E-state index is 0.246. The molecule has 1 fully saturated rings. The molecule has 1 nitrogen and oxygen atoms in total. The highest BCUT2D eigenvalue weighted by Crippen LogP contribution is 2.40. The van der Waals surface area contributed by atoms with E-state index in [9.17, 15) is 8.78 Å². The van der Waals surface area contributed by atoms with E-state index in [-0.39, 0.29) is 6.42 Å². The van der Waals surface area contributed by atoms with E-state index in [2.05, 4.69) is 0 Å². The summed E-state index contributed by atoms with van der Waals surface area (Å²) in [4.78, 5) is 0. The molecule has 0 heterocycles. The predicted octanol–water partition coefficient (Wildman–Crippen LogP) is 2.70. The summed E-state index contributed by atoms with van der Waals surface area (Å²) in [5, 5.41) is 0. The van der Waals surface area contributed by atoms with Crippen molar-refractivity contribution in [3.8, 4) is 0 Å². The summed E-state index contributed by atoms with van der Waals surface area (Å²) in [6, 6.07) is 7.51. The van der Waals surface area contributed by atoms with Crippen molar-refractivity contribution in [2.24, 2.45) is 5.73 Å². The van der Waals surface area contributed by atoms with Crippen molar-refractivity contribution in [2.75, 3.05) is 6.54 Å². The molecule has 3 heteroatoms. The van der Waals surface area contributed by atoms with Gasteiger partial charge in [0, 0.05) is 6.42 Å². The van der Waals surface area contributed by atoms with E-state index in [1.54, 1.807) is 6.07 Å². The van der Waals surface area contributed by atoms with Gasteiger partial charge in [-0.1, -0.05) is 24.3 Å². The molecule has 2 rings (SSSR count). The minimum atomic E-state index is -2.78. The normalized spacial score (nSPS) is 16.7. The average Bonchev–Trinajstić information content (AvgIpc) is 3.01. The fraction of sp³-hybridized carbons (Fsp3) is 0.500. The Labute approximate surface area is 88.3 Å². The van der Waals surface area contributed by atoms with Crippen LogP contribution in [-0.2, 0) is 6.42 Å².